The van der Waals surface area contributed by atoms with Crippen LogP contribution in [0.4, 0.5) is 0 Å². The van der Waals surface area contributed by atoms with Gasteiger partial charge in [-0.15, -0.1) is 0 Å². The predicted octanol–water partition coefficient (Wildman–Crippen LogP) is 1.84. The number of esters is 1. The third-order valence-corrected chi connectivity index (χ3v) is 2.43. The Bertz CT molecular complexity index is 315. The van der Waals surface area contributed by atoms with Crippen LogP contribution in [-0.2, 0) is 19.1 Å². The highest BCUT2D eigenvalue weighted by Gasteiger charge is 2.28. The van der Waals surface area contributed by atoms with Crippen molar-refractivity contribution >= 4 is 11.8 Å². The molecule has 90 valence electrons. The normalized spacial score (nSPS) is 20.6. The molecule has 4 heteroatoms. The average molecular weight is 226 g/mol. The summed E-state index contributed by atoms with van der Waals surface area (Å²) in [7, 11) is 1.31. The fraction of sp³-hybridized carbons (Fsp3) is 0.667. The molecule has 0 N–H and O–H groups in total. The second-order valence-electron chi connectivity index (χ2n) is 4.78. The van der Waals surface area contributed by atoms with Gasteiger partial charge in [0, 0.05) is 24.3 Å². The summed E-state index contributed by atoms with van der Waals surface area (Å²) in [5.41, 5.74) is 0.106. The maximum atomic E-state index is 11.5. The second-order valence-corrected chi connectivity index (χ2v) is 4.78. The summed E-state index contributed by atoms with van der Waals surface area (Å²) in [6.07, 6.45) is 2.58. The SMILES string of the molecule is COC(=O)CCC(=O)/C=C1/CC(C)(C)CO1. The van der Waals surface area contributed by atoms with E-state index in [9.17, 15) is 9.59 Å². The largest absolute Gasteiger partial charge is 0.497 e. The smallest absolute Gasteiger partial charge is 0.305 e. The number of ether oxygens (including phenoxy) is 2. The van der Waals surface area contributed by atoms with Crippen molar-refractivity contribution in [1.29, 1.82) is 0 Å². The Morgan fingerprint density at radius 1 is 1.44 bits per heavy atom. The Morgan fingerprint density at radius 2 is 2.12 bits per heavy atom. The minimum atomic E-state index is -0.362. The Morgan fingerprint density at radius 3 is 2.62 bits per heavy atom. The molecule has 1 aliphatic heterocycles. The van der Waals surface area contributed by atoms with Gasteiger partial charge in [-0.2, -0.15) is 0 Å². The zero-order valence-corrected chi connectivity index (χ0v) is 10.0. The van der Waals surface area contributed by atoms with E-state index >= 15 is 0 Å². The first-order valence-corrected chi connectivity index (χ1v) is 5.36. The van der Waals surface area contributed by atoms with Crippen LogP contribution >= 0.6 is 0 Å². The van der Waals surface area contributed by atoms with E-state index in [2.05, 4.69) is 18.6 Å². The molecule has 0 atom stereocenters. The topological polar surface area (TPSA) is 52.6 Å². The summed E-state index contributed by atoms with van der Waals surface area (Å²) in [4.78, 5) is 22.3. The van der Waals surface area contributed by atoms with E-state index in [1.54, 1.807) is 0 Å². The lowest BCUT2D eigenvalue weighted by Gasteiger charge is -2.10. The molecule has 0 radical (unpaired) electrons. The number of ketones is 1. The lowest BCUT2D eigenvalue weighted by Crippen LogP contribution is -2.08. The molecular formula is C12H18O4. The fourth-order valence-electron chi connectivity index (χ4n) is 1.53. The summed E-state index contributed by atoms with van der Waals surface area (Å²) in [6.45, 7) is 4.82. The zero-order valence-electron chi connectivity index (χ0n) is 10.0. The molecule has 0 spiro atoms. The van der Waals surface area contributed by atoms with Crippen molar-refractivity contribution < 1.29 is 19.1 Å². The lowest BCUT2D eigenvalue weighted by molar-refractivity contribution is -0.141. The quantitative estimate of drug-likeness (QED) is 0.542. The van der Waals surface area contributed by atoms with Gasteiger partial charge in [0.05, 0.1) is 20.1 Å². The third kappa shape index (κ3) is 4.04. The summed E-state index contributed by atoms with van der Waals surface area (Å²) < 4.78 is 9.86. The van der Waals surface area contributed by atoms with Gasteiger partial charge in [-0.05, 0) is 0 Å². The van der Waals surface area contributed by atoms with Crippen molar-refractivity contribution in [2.45, 2.75) is 33.1 Å². The molecule has 1 heterocycles. The number of allylic oxidation sites excluding steroid dienone is 2. The van der Waals surface area contributed by atoms with Crippen molar-refractivity contribution in [3.05, 3.63) is 11.8 Å². The molecule has 0 aliphatic carbocycles. The molecule has 0 unspecified atom stereocenters. The monoisotopic (exact) mass is 226 g/mol. The number of hydrogen-bond donors (Lipinski definition) is 0. The van der Waals surface area contributed by atoms with E-state index in [0.717, 1.165) is 12.2 Å². The average Bonchev–Trinajstić information content (AvgIpc) is 2.54. The van der Waals surface area contributed by atoms with Crippen LogP contribution in [0.25, 0.3) is 0 Å². The lowest BCUT2D eigenvalue weighted by atomic mass is 9.92. The molecule has 0 aromatic rings. The van der Waals surface area contributed by atoms with Crippen LogP contribution in [0, 0.1) is 5.41 Å². The van der Waals surface area contributed by atoms with Crippen molar-refractivity contribution in [3.63, 3.8) is 0 Å². The summed E-state index contributed by atoms with van der Waals surface area (Å²) >= 11 is 0. The fourth-order valence-corrected chi connectivity index (χ4v) is 1.53. The molecule has 0 bridgehead atoms. The molecule has 1 aliphatic rings. The Kier molecular flexibility index (Phi) is 4.10. The Hall–Kier alpha value is -1.32. The van der Waals surface area contributed by atoms with Crippen LogP contribution in [0.3, 0.4) is 0 Å². The minimum absolute atomic E-state index is 0.0851. The minimum Gasteiger partial charge on any atom is -0.497 e. The van der Waals surface area contributed by atoms with Crippen LogP contribution in [0.15, 0.2) is 11.8 Å². The highest BCUT2D eigenvalue weighted by molar-refractivity contribution is 5.92. The van der Waals surface area contributed by atoms with Gasteiger partial charge in [-0.25, -0.2) is 0 Å². The molecule has 0 aromatic carbocycles. The van der Waals surface area contributed by atoms with Gasteiger partial charge in [0.2, 0.25) is 0 Å². The molecule has 16 heavy (non-hydrogen) atoms. The van der Waals surface area contributed by atoms with Gasteiger partial charge in [-0.1, -0.05) is 13.8 Å². The van der Waals surface area contributed by atoms with Crippen LogP contribution in [-0.4, -0.2) is 25.5 Å². The summed E-state index contributed by atoms with van der Waals surface area (Å²) in [6, 6.07) is 0. The van der Waals surface area contributed by atoms with Crippen molar-refractivity contribution in [2.75, 3.05) is 13.7 Å². The molecule has 1 rings (SSSR count). The van der Waals surface area contributed by atoms with Gasteiger partial charge in [0.25, 0.3) is 0 Å². The maximum absolute atomic E-state index is 11.5. The summed E-state index contributed by atoms with van der Waals surface area (Å²) in [5.74, 6) is 0.275. The maximum Gasteiger partial charge on any atom is 0.305 e. The Balaban J connectivity index is 2.40. The van der Waals surface area contributed by atoms with Crippen molar-refractivity contribution in [3.8, 4) is 0 Å². The molecule has 1 saturated heterocycles. The molecule has 4 nitrogen and oxygen atoms in total. The number of hydrogen-bond acceptors (Lipinski definition) is 4. The number of rotatable bonds is 4. The van der Waals surface area contributed by atoms with E-state index < -0.39 is 0 Å². The van der Waals surface area contributed by atoms with Crippen molar-refractivity contribution in [2.24, 2.45) is 5.41 Å². The Labute approximate surface area is 95.6 Å². The van der Waals surface area contributed by atoms with E-state index in [-0.39, 0.29) is 30.0 Å². The molecule has 1 fully saturated rings. The van der Waals surface area contributed by atoms with E-state index in [4.69, 9.17) is 4.74 Å². The van der Waals surface area contributed by atoms with Gasteiger partial charge < -0.3 is 9.47 Å². The number of methoxy groups -OCH3 is 1. The van der Waals surface area contributed by atoms with Gasteiger partial charge in [-0.3, -0.25) is 9.59 Å². The zero-order chi connectivity index (χ0) is 12.2. The summed E-state index contributed by atoms with van der Waals surface area (Å²) in [5, 5.41) is 0. The van der Waals surface area contributed by atoms with E-state index in [0.29, 0.717) is 6.61 Å². The van der Waals surface area contributed by atoms with Gasteiger partial charge in [0.1, 0.15) is 5.76 Å². The number of carbonyl (C=O) groups excluding carboxylic acids is 2. The van der Waals surface area contributed by atoms with Crippen LogP contribution < -0.4 is 0 Å². The van der Waals surface area contributed by atoms with Crippen LogP contribution in [0.1, 0.15) is 33.1 Å². The highest BCUT2D eigenvalue weighted by atomic mass is 16.5. The van der Waals surface area contributed by atoms with Crippen molar-refractivity contribution in [1.82, 2.24) is 0 Å². The number of carbonyl (C=O) groups is 2. The van der Waals surface area contributed by atoms with Crippen LogP contribution in [0.2, 0.25) is 0 Å². The highest BCUT2D eigenvalue weighted by Crippen LogP contribution is 2.33. The van der Waals surface area contributed by atoms with Gasteiger partial charge >= 0.3 is 5.97 Å². The first kappa shape index (κ1) is 12.7. The van der Waals surface area contributed by atoms with Gasteiger partial charge in [0.15, 0.2) is 5.78 Å². The van der Waals surface area contributed by atoms with E-state index in [1.807, 2.05) is 0 Å². The van der Waals surface area contributed by atoms with Crippen LogP contribution in [0.5, 0.6) is 0 Å². The molecule has 0 saturated carbocycles. The first-order chi connectivity index (χ1) is 7.43. The molecular weight excluding hydrogens is 208 g/mol. The predicted molar refractivity (Wildman–Crippen MR) is 58.7 cm³/mol. The second kappa shape index (κ2) is 5.14. The first-order valence-electron chi connectivity index (χ1n) is 5.36. The molecule has 0 amide bonds. The standard InChI is InChI=1S/C12H18O4/c1-12(2)7-10(16-8-12)6-9(13)4-5-11(14)15-3/h6H,4-5,7-8H2,1-3H3/b10-6-. The third-order valence-electron chi connectivity index (χ3n) is 2.43. The molecule has 0 aromatic heterocycles. The van der Waals surface area contributed by atoms with E-state index in [1.165, 1.54) is 13.2 Å².